The molecule has 2 aliphatic heterocycles. The van der Waals surface area contributed by atoms with E-state index >= 15 is 0 Å². The maximum atomic E-state index is 11.7. The van der Waals surface area contributed by atoms with E-state index in [1.54, 1.807) is 0 Å². The largest absolute Gasteiger partial charge is 0.394 e. The first-order valence-electron chi connectivity index (χ1n) is 7.68. The zero-order valence-corrected chi connectivity index (χ0v) is 14.4. The smallest absolute Gasteiger partial charge is 0.300 e. The molecule has 27 heavy (non-hydrogen) atoms. The first-order valence-corrected chi connectivity index (χ1v) is 9.12. The molecule has 1 unspecified atom stereocenters. The monoisotopic (exact) mass is 422 g/mol. The van der Waals surface area contributed by atoms with Crippen molar-refractivity contribution in [2.24, 2.45) is 0 Å². The van der Waals surface area contributed by atoms with E-state index in [1.165, 1.54) is 0 Å². The molecule has 2 aliphatic rings. The minimum atomic E-state index is -5.58. The molecule has 0 amide bonds. The number of rotatable bonds is 5. The van der Waals surface area contributed by atoms with Gasteiger partial charge in [0.05, 0.1) is 13.2 Å². The van der Waals surface area contributed by atoms with E-state index in [1.807, 2.05) is 0 Å². The molecule has 2 fully saturated rings. The van der Waals surface area contributed by atoms with E-state index in [2.05, 4.69) is 0 Å². The summed E-state index contributed by atoms with van der Waals surface area (Å²) < 4.78 is 47.5. The molecule has 0 spiro atoms. The van der Waals surface area contributed by atoms with Gasteiger partial charge >= 0.3 is 10.1 Å². The molecule has 160 valence electrons. The molecule has 0 bridgehead atoms. The fraction of sp³-hybridized carbons (Fsp3) is 1.00. The third-order valence-corrected chi connectivity index (χ3v) is 5.78. The lowest BCUT2D eigenvalue weighted by Gasteiger charge is -2.48. The van der Waals surface area contributed by atoms with Gasteiger partial charge in [0.25, 0.3) is 4.93 Å². The Morgan fingerprint density at radius 2 is 1.44 bits per heavy atom. The summed E-state index contributed by atoms with van der Waals surface area (Å²) in [6.45, 7) is -1.93. The number of aliphatic hydroxyl groups excluding tert-OH is 7. The predicted octanol–water partition coefficient (Wildman–Crippen LogP) is -6.18. The second-order valence-corrected chi connectivity index (χ2v) is 7.78. The number of hydrogen-bond acceptors (Lipinski definition) is 13. The van der Waals surface area contributed by atoms with Gasteiger partial charge in [-0.2, -0.15) is 8.42 Å². The van der Waals surface area contributed by atoms with Crippen LogP contribution in [0, 0.1) is 0 Å². The number of hydrogen-bond donors (Lipinski definition) is 9. The highest BCUT2D eigenvalue weighted by Gasteiger charge is 2.65. The van der Waals surface area contributed by atoms with Crippen molar-refractivity contribution in [2.45, 2.75) is 60.2 Å². The van der Waals surface area contributed by atoms with Crippen LogP contribution in [0.2, 0.25) is 0 Å². The van der Waals surface area contributed by atoms with Gasteiger partial charge in [0.2, 0.25) is 0 Å². The van der Waals surface area contributed by atoms with Crippen molar-refractivity contribution < 1.29 is 68.0 Å². The van der Waals surface area contributed by atoms with Gasteiger partial charge in [0, 0.05) is 0 Å². The first kappa shape index (κ1) is 22.8. The molecule has 0 radical (unpaired) electrons. The Hall–Kier alpha value is -0.530. The average molecular weight is 422 g/mol. The van der Waals surface area contributed by atoms with Crippen LogP contribution in [0.5, 0.6) is 0 Å². The van der Waals surface area contributed by atoms with Crippen LogP contribution >= 0.6 is 0 Å². The van der Waals surface area contributed by atoms with Crippen LogP contribution < -0.4 is 0 Å². The molecular formula is C12H22O14S. The van der Waals surface area contributed by atoms with Gasteiger partial charge in [-0.05, 0) is 0 Å². The molecule has 2 heterocycles. The quantitative estimate of drug-likeness (QED) is 0.187. The molecule has 2 saturated heterocycles. The van der Waals surface area contributed by atoms with Crippen LogP contribution in [-0.2, 0) is 24.3 Å². The van der Waals surface area contributed by atoms with Gasteiger partial charge in [-0.25, -0.2) is 0 Å². The average Bonchev–Trinajstić information content (AvgIpc) is 2.60. The lowest BCUT2D eigenvalue weighted by Crippen LogP contribution is -2.72. The van der Waals surface area contributed by atoms with Crippen molar-refractivity contribution in [3.05, 3.63) is 0 Å². The molecule has 0 aliphatic carbocycles. The van der Waals surface area contributed by atoms with Gasteiger partial charge in [0.1, 0.15) is 36.6 Å². The SMILES string of the molecule is O=S(=O)(O)[C@]1(O)[C@H](O[C@@H]2O[C@H](CO)[C@H](O)[C@H](O)[C@H]2O)[C@@H](CO)OC(O)[C@@H]1O. The molecule has 0 saturated carbocycles. The van der Waals surface area contributed by atoms with E-state index in [0.29, 0.717) is 0 Å². The predicted molar refractivity (Wildman–Crippen MR) is 79.1 cm³/mol. The molecule has 2 rings (SSSR count). The van der Waals surface area contributed by atoms with Crippen molar-refractivity contribution in [3.63, 3.8) is 0 Å². The maximum absolute atomic E-state index is 11.7. The Kier molecular flexibility index (Phi) is 6.80. The third kappa shape index (κ3) is 3.84. The third-order valence-electron chi connectivity index (χ3n) is 4.48. The summed E-state index contributed by atoms with van der Waals surface area (Å²) in [6.07, 6.45) is -18.4. The Bertz CT molecular complexity index is 611. The Morgan fingerprint density at radius 1 is 0.889 bits per heavy atom. The van der Waals surface area contributed by atoms with E-state index in [-0.39, 0.29) is 0 Å². The molecule has 10 atom stereocenters. The van der Waals surface area contributed by atoms with Gasteiger partial charge in [-0.1, -0.05) is 0 Å². The first-order chi connectivity index (χ1) is 12.4. The van der Waals surface area contributed by atoms with Crippen LogP contribution in [-0.4, -0.2) is 127 Å². The molecule has 0 aromatic carbocycles. The second-order valence-electron chi connectivity index (χ2n) is 6.17. The molecular weight excluding hydrogens is 400 g/mol. The van der Waals surface area contributed by atoms with Crippen LogP contribution in [0.15, 0.2) is 0 Å². The van der Waals surface area contributed by atoms with Crippen LogP contribution in [0.4, 0.5) is 0 Å². The van der Waals surface area contributed by atoms with Gasteiger partial charge < -0.3 is 55.1 Å². The lowest BCUT2D eigenvalue weighted by atomic mass is 9.96. The minimum Gasteiger partial charge on any atom is -0.394 e. The van der Waals surface area contributed by atoms with Crippen LogP contribution in [0.3, 0.4) is 0 Å². The van der Waals surface area contributed by atoms with Crippen LogP contribution in [0.1, 0.15) is 0 Å². The Morgan fingerprint density at radius 3 is 1.93 bits per heavy atom. The van der Waals surface area contributed by atoms with Crippen molar-refractivity contribution >= 4 is 10.1 Å². The fourth-order valence-electron chi connectivity index (χ4n) is 2.91. The van der Waals surface area contributed by atoms with Crippen molar-refractivity contribution in [1.82, 2.24) is 0 Å². The van der Waals surface area contributed by atoms with Crippen LogP contribution in [0.25, 0.3) is 0 Å². The van der Waals surface area contributed by atoms with Gasteiger partial charge in [-0.3, -0.25) is 4.55 Å². The summed E-state index contributed by atoms with van der Waals surface area (Å²) in [5.74, 6) is 0. The van der Waals surface area contributed by atoms with Crippen molar-refractivity contribution in [2.75, 3.05) is 13.2 Å². The summed E-state index contributed by atoms with van der Waals surface area (Å²) in [4.78, 5) is -3.63. The Balaban J connectivity index is 2.40. The van der Waals surface area contributed by atoms with Gasteiger partial charge in [0.15, 0.2) is 18.7 Å². The zero-order chi connectivity index (χ0) is 20.7. The highest BCUT2D eigenvalue weighted by Crippen LogP contribution is 2.37. The standard InChI is InChI=1S/C12H22O14S/c13-1-3-5(15)6(16)7(17)11(25-3)26-9-4(2-14)24-10(19)8(18)12(9,20)27(21,22)23/h3-11,13-20H,1-2H2,(H,21,22,23)/t3-,4-,5+,6+,7-,8+,9-,10?,11+,12+/m1/s1. The molecule has 0 aromatic heterocycles. The lowest BCUT2D eigenvalue weighted by molar-refractivity contribution is -0.362. The molecule has 9 N–H and O–H groups in total. The number of ether oxygens (including phenoxy) is 3. The normalized spacial score (nSPS) is 49.1. The minimum absolute atomic E-state index is 0.848. The summed E-state index contributed by atoms with van der Waals surface area (Å²) in [6, 6.07) is 0. The zero-order valence-electron chi connectivity index (χ0n) is 13.6. The number of aliphatic hydroxyl groups is 8. The fourth-order valence-corrected chi connectivity index (χ4v) is 3.83. The molecule has 0 aromatic rings. The van der Waals surface area contributed by atoms with E-state index in [9.17, 15) is 48.7 Å². The topological polar surface area (TPSA) is 244 Å². The summed E-state index contributed by atoms with van der Waals surface area (Å²) in [5, 5.41) is 77.7. The highest BCUT2D eigenvalue weighted by molar-refractivity contribution is 7.87. The molecule has 14 nitrogen and oxygen atoms in total. The van der Waals surface area contributed by atoms with E-state index in [0.717, 1.165) is 0 Å². The van der Waals surface area contributed by atoms with E-state index < -0.39 is 83.6 Å². The van der Waals surface area contributed by atoms with Crippen molar-refractivity contribution in [3.8, 4) is 0 Å². The Labute approximate surface area is 152 Å². The summed E-state index contributed by atoms with van der Waals surface area (Å²) >= 11 is 0. The maximum Gasteiger partial charge on any atom is 0.300 e. The van der Waals surface area contributed by atoms with Gasteiger partial charge in [-0.15, -0.1) is 0 Å². The molecule has 15 heteroatoms. The summed E-state index contributed by atoms with van der Waals surface area (Å²) in [5.41, 5.74) is 0. The summed E-state index contributed by atoms with van der Waals surface area (Å²) in [7, 11) is -5.58. The highest BCUT2D eigenvalue weighted by atomic mass is 32.2. The van der Waals surface area contributed by atoms with E-state index in [4.69, 9.17) is 19.3 Å². The van der Waals surface area contributed by atoms with Crippen molar-refractivity contribution in [1.29, 1.82) is 0 Å². The second kappa shape index (κ2) is 8.07.